The lowest BCUT2D eigenvalue weighted by Gasteiger charge is -2.36. The fourth-order valence-corrected chi connectivity index (χ4v) is 4.80. The second-order valence-corrected chi connectivity index (χ2v) is 5.97. The van der Waals surface area contributed by atoms with Gasteiger partial charge in [0.05, 0.1) is 13.1 Å². The molecule has 0 saturated heterocycles. The zero-order chi connectivity index (χ0) is 10.6. The van der Waals surface area contributed by atoms with Gasteiger partial charge in [-0.25, -0.2) is 0 Å². The van der Waals surface area contributed by atoms with Crippen LogP contribution in [0.2, 0.25) is 0 Å². The maximum atomic E-state index is 7.88. The van der Waals surface area contributed by atoms with Gasteiger partial charge in [0.1, 0.15) is 0 Å². The van der Waals surface area contributed by atoms with Crippen LogP contribution in [0.25, 0.3) is 5.84 Å². The highest BCUT2D eigenvalue weighted by atomic mass is 15.4. The summed E-state index contributed by atoms with van der Waals surface area (Å²) in [6.45, 7) is 0. The Morgan fingerprint density at radius 2 is 1.80 bits per heavy atom. The summed E-state index contributed by atoms with van der Waals surface area (Å²) in [5.74, 6) is 11.7. The minimum Gasteiger partial charge on any atom is -0.469 e. The van der Waals surface area contributed by atoms with Crippen molar-refractivity contribution in [3.05, 3.63) is 5.84 Å². The molecule has 0 aromatic carbocycles. The van der Waals surface area contributed by atoms with Crippen LogP contribution < -0.4 is 10.3 Å². The average molecular weight is 209 g/mol. The molecule has 86 valence electrons. The van der Waals surface area contributed by atoms with E-state index in [1.807, 2.05) is 7.05 Å². The third kappa shape index (κ3) is 1.37. The standard InChI is InChI=1S/C12H23N3/c1-14-8-5-9-7-3-11(10(9)6-8)12(4-7)15(2)13/h7-15H,3-6H2,1-2H3. The van der Waals surface area contributed by atoms with E-state index in [0.717, 1.165) is 34.7 Å². The number of hydrogen-bond donors (Lipinski definition) is 2. The van der Waals surface area contributed by atoms with E-state index in [-0.39, 0.29) is 0 Å². The number of hydrogen-bond acceptors (Lipinski definition) is 1. The molecule has 3 saturated carbocycles. The van der Waals surface area contributed by atoms with Crippen LogP contribution in [0, 0.1) is 23.7 Å². The van der Waals surface area contributed by atoms with E-state index in [2.05, 4.69) is 12.4 Å². The van der Waals surface area contributed by atoms with Crippen molar-refractivity contribution in [2.24, 2.45) is 23.7 Å². The quantitative estimate of drug-likeness (QED) is 0.639. The maximum Gasteiger partial charge on any atom is 0.0817 e. The van der Waals surface area contributed by atoms with E-state index in [1.54, 1.807) is 0 Å². The van der Waals surface area contributed by atoms with Crippen molar-refractivity contribution < 1.29 is 5.01 Å². The van der Waals surface area contributed by atoms with Gasteiger partial charge in [0, 0.05) is 18.4 Å². The smallest absolute Gasteiger partial charge is 0.0817 e. The Morgan fingerprint density at radius 3 is 2.47 bits per heavy atom. The molecule has 3 rings (SSSR count). The van der Waals surface area contributed by atoms with Crippen molar-refractivity contribution in [2.75, 3.05) is 14.1 Å². The first-order valence-corrected chi connectivity index (χ1v) is 6.43. The van der Waals surface area contributed by atoms with Crippen molar-refractivity contribution >= 4 is 0 Å². The molecule has 0 aromatic rings. The lowest BCUT2D eigenvalue weighted by Crippen LogP contribution is -3.07. The van der Waals surface area contributed by atoms with Crippen molar-refractivity contribution in [1.82, 2.24) is 5.32 Å². The van der Waals surface area contributed by atoms with Crippen LogP contribution in [-0.2, 0) is 0 Å². The minimum atomic E-state index is 0.645. The molecule has 0 spiro atoms. The zero-order valence-electron chi connectivity index (χ0n) is 9.79. The van der Waals surface area contributed by atoms with Gasteiger partial charge in [0.15, 0.2) is 0 Å². The van der Waals surface area contributed by atoms with Gasteiger partial charge in [-0.2, -0.15) is 0 Å². The molecule has 0 aliphatic heterocycles. The first-order valence-electron chi connectivity index (χ1n) is 6.43. The number of fused-ring (bicyclic) bond motifs is 5. The van der Waals surface area contributed by atoms with E-state index in [0.29, 0.717) is 6.04 Å². The summed E-state index contributed by atoms with van der Waals surface area (Å²) in [5, 5.41) is 4.40. The Bertz CT molecular complexity index is 253. The molecule has 0 aromatic heterocycles. The summed E-state index contributed by atoms with van der Waals surface area (Å²) >= 11 is 0. The predicted molar refractivity (Wildman–Crippen MR) is 60.3 cm³/mol. The summed E-state index contributed by atoms with van der Waals surface area (Å²) in [6, 6.07) is 1.42. The zero-order valence-corrected chi connectivity index (χ0v) is 9.79. The van der Waals surface area contributed by atoms with Crippen LogP contribution in [0.5, 0.6) is 0 Å². The highest BCUT2D eigenvalue weighted by Crippen LogP contribution is 2.58. The van der Waals surface area contributed by atoms with Gasteiger partial charge in [-0.05, 0) is 44.1 Å². The fraction of sp³-hybridized carbons (Fsp3) is 1.00. The van der Waals surface area contributed by atoms with Crippen molar-refractivity contribution in [3.63, 3.8) is 0 Å². The van der Waals surface area contributed by atoms with E-state index in [9.17, 15) is 0 Å². The largest absolute Gasteiger partial charge is 0.469 e. The van der Waals surface area contributed by atoms with Gasteiger partial charge in [-0.1, -0.05) is 0 Å². The molecule has 2 bridgehead atoms. The molecule has 7 unspecified atom stereocenters. The van der Waals surface area contributed by atoms with Crippen LogP contribution in [0.1, 0.15) is 25.7 Å². The lowest BCUT2D eigenvalue weighted by molar-refractivity contribution is -0.859. The Labute approximate surface area is 92.4 Å². The molecule has 3 nitrogen and oxygen atoms in total. The Morgan fingerprint density at radius 1 is 1.07 bits per heavy atom. The molecule has 0 radical (unpaired) electrons. The van der Waals surface area contributed by atoms with Crippen LogP contribution in [-0.4, -0.2) is 26.2 Å². The monoisotopic (exact) mass is 209 g/mol. The lowest BCUT2D eigenvalue weighted by atomic mass is 9.79. The maximum absolute atomic E-state index is 7.88. The van der Waals surface area contributed by atoms with Crippen LogP contribution >= 0.6 is 0 Å². The van der Waals surface area contributed by atoms with Gasteiger partial charge in [0.25, 0.3) is 0 Å². The summed E-state index contributed by atoms with van der Waals surface area (Å²) < 4.78 is 0. The number of rotatable bonds is 2. The van der Waals surface area contributed by atoms with Crippen molar-refractivity contribution in [2.45, 2.75) is 37.8 Å². The molecule has 0 amide bonds. The molecular weight excluding hydrogens is 186 g/mol. The number of quaternary nitrogens is 1. The third-order valence-corrected chi connectivity index (χ3v) is 5.43. The minimum absolute atomic E-state index is 0.645. The Hall–Kier alpha value is -0.120. The second-order valence-electron chi connectivity index (χ2n) is 5.97. The SMILES string of the molecule is CNC1CC2C3CC(C2C1)C([NH+](C)[NH-])C3. The number of nitrogens with one attached hydrogen (secondary N) is 3. The van der Waals surface area contributed by atoms with Crippen LogP contribution in [0.4, 0.5) is 0 Å². The topological polar surface area (TPSA) is 40.3 Å². The second kappa shape index (κ2) is 3.44. The summed E-state index contributed by atoms with van der Waals surface area (Å²) in [5.41, 5.74) is 0. The first-order chi connectivity index (χ1) is 7.20. The molecule has 3 N–H and O–H groups in total. The van der Waals surface area contributed by atoms with E-state index >= 15 is 0 Å². The molecule has 3 heteroatoms. The normalized spacial score (nSPS) is 54.6. The van der Waals surface area contributed by atoms with Crippen molar-refractivity contribution in [1.29, 1.82) is 0 Å². The molecular formula is C12H23N3. The van der Waals surface area contributed by atoms with Gasteiger partial charge in [-0.15, -0.1) is 0 Å². The first kappa shape index (κ1) is 10.1. The molecule has 3 aliphatic rings. The van der Waals surface area contributed by atoms with Gasteiger partial charge in [0.2, 0.25) is 0 Å². The Kier molecular flexibility index (Phi) is 2.31. The molecule has 15 heavy (non-hydrogen) atoms. The summed E-state index contributed by atoms with van der Waals surface area (Å²) in [7, 11) is 4.12. The molecule has 0 heterocycles. The highest BCUT2D eigenvalue weighted by Gasteiger charge is 2.57. The van der Waals surface area contributed by atoms with Gasteiger partial charge < -0.3 is 16.2 Å². The van der Waals surface area contributed by atoms with Gasteiger partial charge in [-0.3, -0.25) is 0 Å². The molecule has 3 fully saturated rings. The van der Waals surface area contributed by atoms with E-state index in [4.69, 9.17) is 5.84 Å². The Balaban J connectivity index is 1.75. The van der Waals surface area contributed by atoms with Gasteiger partial charge >= 0.3 is 0 Å². The van der Waals surface area contributed by atoms with Crippen molar-refractivity contribution in [3.8, 4) is 0 Å². The summed E-state index contributed by atoms with van der Waals surface area (Å²) in [4.78, 5) is 0. The average Bonchev–Trinajstić information content (AvgIpc) is 2.87. The highest BCUT2D eigenvalue weighted by molar-refractivity contribution is 5.06. The summed E-state index contributed by atoms with van der Waals surface area (Å²) in [6.07, 6.45) is 5.56. The van der Waals surface area contributed by atoms with Crippen LogP contribution in [0.3, 0.4) is 0 Å². The fourth-order valence-electron chi connectivity index (χ4n) is 4.80. The van der Waals surface area contributed by atoms with Crippen LogP contribution in [0.15, 0.2) is 0 Å². The predicted octanol–water partition coefficient (Wildman–Crippen LogP) is 0.491. The third-order valence-electron chi connectivity index (χ3n) is 5.43. The molecule has 3 aliphatic carbocycles. The van der Waals surface area contributed by atoms with E-state index in [1.165, 1.54) is 25.7 Å². The van der Waals surface area contributed by atoms with E-state index < -0.39 is 0 Å². The molecule has 7 atom stereocenters.